The van der Waals surface area contributed by atoms with Gasteiger partial charge in [0.15, 0.2) is 0 Å². The highest BCUT2D eigenvalue weighted by Crippen LogP contribution is 2.34. The summed E-state index contributed by atoms with van der Waals surface area (Å²) in [6.07, 6.45) is 0.995. The van der Waals surface area contributed by atoms with Crippen LogP contribution in [0.25, 0.3) is 11.0 Å². The van der Waals surface area contributed by atoms with Crippen LogP contribution in [-0.2, 0) is 6.42 Å². The van der Waals surface area contributed by atoms with Crippen LogP contribution in [0.2, 0.25) is 5.02 Å². The van der Waals surface area contributed by atoms with Crippen LogP contribution < -0.4 is 4.90 Å². The Bertz CT molecular complexity index is 858. The molecule has 1 unspecified atom stereocenters. The molecule has 1 atom stereocenters. The van der Waals surface area contributed by atoms with Gasteiger partial charge in [0.2, 0.25) is 5.95 Å². The Morgan fingerprint density at radius 3 is 2.78 bits per heavy atom. The van der Waals surface area contributed by atoms with Crippen molar-refractivity contribution >= 4 is 28.6 Å². The molecule has 2 heterocycles. The first kappa shape index (κ1) is 14.6. The van der Waals surface area contributed by atoms with Crippen LogP contribution >= 0.6 is 11.6 Å². The maximum atomic E-state index is 6.13. The second-order valence-electron chi connectivity index (χ2n) is 6.48. The first-order valence-electron chi connectivity index (χ1n) is 8.05. The number of rotatable bonds is 1. The number of hydrogen-bond acceptors (Lipinski definition) is 2. The Hall–Kier alpha value is -2.00. The third-order valence-electron chi connectivity index (χ3n) is 5.00. The summed E-state index contributed by atoms with van der Waals surface area (Å²) in [5, 5.41) is 0.819. The van der Waals surface area contributed by atoms with Gasteiger partial charge in [0, 0.05) is 11.6 Å². The third kappa shape index (κ3) is 2.40. The summed E-state index contributed by atoms with van der Waals surface area (Å²) in [6.45, 7) is 7.45. The van der Waals surface area contributed by atoms with E-state index in [2.05, 4.69) is 54.9 Å². The normalized spacial score (nSPS) is 17.6. The van der Waals surface area contributed by atoms with E-state index >= 15 is 0 Å². The van der Waals surface area contributed by atoms with E-state index in [0.717, 1.165) is 35.0 Å². The Morgan fingerprint density at radius 2 is 1.96 bits per heavy atom. The topological polar surface area (TPSA) is 31.9 Å². The molecule has 1 N–H and O–H groups in total. The molecule has 1 aromatic heterocycles. The standard InChI is InChI=1S/C19H20ClN3/c1-11-8-17-18(9-12(11)2)22-19(21-17)23-7-6-14-10-15(20)4-5-16(14)13(23)3/h4-5,8-10,13H,6-7H2,1-3H3,(H,21,22). The van der Waals surface area contributed by atoms with Crippen molar-refractivity contribution in [2.45, 2.75) is 33.2 Å². The van der Waals surface area contributed by atoms with Gasteiger partial charge in [0.1, 0.15) is 0 Å². The Labute approximate surface area is 141 Å². The van der Waals surface area contributed by atoms with Gasteiger partial charge in [-0.3, -0.25) is 0 Å². The fourth-order valence-corrected chi connectivity index (χ4v) is 3.68. The van der Waals surface area contributed by atoms with Gasteiger partial charge in [-0.15, -0.1) is 0 Å². The van der Waals surface area contributed by atoms with Gasteiger partial charge in [0.05, 0.1) is 17.1 Å². The average Bonchev–Trinajstić information content (AvgIpc) is 2.90. The average molecular weight is 326 g/mol. The van der Waals surface area contributed by atoms with Gasteiger partial charge >= 0.3 is 0 Å². The second-order valence-corrected chi connectivity index (χ2v) is 6.91. The highest BCUT2D eigenvalue weighted by molar-refractivity contribution is 6.30. The SMILES string of the molecule is Cc1cc2nc(N3CCc4cc(Cl)ccc4C3C)[nH]c2cc1C. The quantitative estimate of drug-likeness (QED) is 0.686. The van der Waals surface area contributed by atoms with Gasteiger partial charge < -0.3 is 9.88 Å². The molecular weight excluding hydrogens is 306 g/mol. The smallest absolute Gasteiger partial charge is 0.204 e. The molecule has 0 saturated heterocycles. The molecule has 3 aromatic rings. The molecule has 0 aliphatic carbocycles. The Kier molecular flexibility index (Phi) is 3.34. The van der Waals surface area contributed by atoms with Crippen LogP contribution in [-0.4, -0.2) is 16.5 Å². The summed E-state index contributed by atoms with van der Waals surface area (Å²) in [5.41, 5.74) is 7.41. The van der Waals surface area contributed by atoms with Crippen molar-refractivity contribution in [3.8, 4) is 0 Å². The summed E-state index contributed by atoms with van der Waals surface area (Å²) < 4.78 is 0. The zero-order valence-corrected chi connectivity index (χ0v) is 14.4. The lowest BCUT2D eigenvalue weighted by Crippen LogP contribution is -2.34. The largest absolute Gasteiger partial charge is 0.335 e. The minimum absolute atomic E-state index is 0.291. The fraction of sp³-hybridized carbons (Fsp3) is 0.316. The molecule has 118 valence electrons. The summed E-state index contributed by atoms with van der Waals surface area (Å²) in [4.78, 5) is 10.7. The molecule has 0 radical (unpaired) electrons. The number of benzene rings is 2. The van der Waals surface area contributed by atoms with E-state index in [9.17, 15) is 0 Å². The van der Waals surface area contributed by atoms with Crippen LogP contribution in [0.1, 0.15) is 35.2 Å². The van der Waals surface area contributed by atoms with Gasteiger partial charge in [0.25, 0.3) is 0 Å². The number of aromatic amines is 1. The van der Waals surface area contributed by atoms with Crippen molar-refractivity contribution in [1.29, 1.82) is 0 Å². The Balaban J connectivity index is 1.75. The number of aryl methyl sites for hydroxylation is 2. The highest BCUT2D eigenvalue weighted by atomic mass is 35.5. The van der Waals surface area contributed by atoms with Crippen molar-refractivity contribution in [3.05, 3.63) is 57.6 Å². The fourth-order valence-electron chi connectivity index (χ4n) is 3.48. The predicted octanol–water partition coefficient (Wildman–Crippen LogP) is 4.96. The van der Waals surface area contributed by atoms with Gasteiger partial charge in [-0.2, -0.15) is 0 Å². The molecule has 0 fully saturated rings. The summed E-state index contributed by atoms with van der Waals surface area (Å²) in [5.74, 6) is 0.957. The Morgan fingerprint density at radius 1 is 1.17 bits per heavy atom. The molecule has 0 amide bonds. The van der Waals surface area contributed by atoms with Gasteiger partial charge in [-0.1, -0.05) is 17.7 Å². The van der Waals surface area contributed by atoms with E-state index in [-0.39, 0.29) is 0 Å². The highest BCUT2D eigenvalue weighted by Gasteiger charge is 2.26. The number of hydrogen-bond donors (Lipinski definition) is 1. The van der Waals surface area contributed by atoms with Crippen molar-refractivity contribution in [2.75, 3.05) is 11.4 Å². The lowest BCUT2D eigenvalue weighted by molar-refractivity contribution is 0.612. The summed E-state index contributed by atoms with van der Waals surface area (Å²) in [6, 6.07) is 10.8. The minimum atomic E-state index is 0.291. The van der Waals surface area contributed by atoms with Gasteiger partial charge in [-0.05, 0) is 73.7 Å². The van der Waals surface area contributed by atoms with E-state index in [1.807, 2.05) is 6.07 Å². The lowest BCUT2D eigenvalue weighted by atomic mass is 9.94. The van der Waals surface area contributed by atoms with E-state index in [4.69, 9.17) is 16.6 Å². The molecule has 0 saturated carbocycles. The zero-order chi connectivity index (χ0) is 16.1. The van der Waals surface area contributed by atoms with E-state index in [1.54, 1.807) is 0 Å². The molecule has 3 nitrogen and oxygen atoms in total. The van der Waals surface area contributed by atoms with Crippen LogP contribution in [0.4, 0.5) is 5.95 Å². The molecule has 1 aliphatic heterocycles. The maximum absolute atomic E-state index is 6.13. The molecule has 0 spiro atoms. The number of H-pyrrole nitrogens is 1. The number of nitrogens with one attached hydrogen (secondary N) is 1. The summed E-state index contributed by atoms with van der Waals surface area (Å²) in [7, 11) is 0. The molecule has 4 rings (SSSR count). The molecular formula is C19H20ClN3. The molecule has 1 aliphatic rings. The first-order valence-corrected chi connectivity index (χ1v) is 8.42. The number of nitrogens with zero attached hydrogens (tertiary/aromatic N) is 2. The molecule has 0 bridgehead atoms. The number of aromatic nitrogens is 2. The van der Waals surface area contributed by atoms with E-state index in [0.29, 0.717) is 6.04 Å². The summed E-state index contributed by atoms with van der Waals surface area (Å²) >= 11 is 6.13. The molecule has 23 heavy (non-hydrogen) atoms. The molecule has 4 heteroatoms. The third-order valence-corrected chi connectivity index (χ3v) is 5.24. The number of imidazole rings is 1. The van der Waals surface area contributed by atoms with Crippen LogP contribution in [0.3, 0.4) is 0 Å². The van der Waals surface area contributed by atoms with E-state index in [1.165, 1.54) is 22.3 Å². The van der Waals surface area contributed by atoms with Crippen molar-refractivity contribution < 1.29 is 0 Å². The predicted molar refractivity (Wildman–Crippen MR) is 96.5 cm³/mol. The number of fused-ring (bicyclic) bond motifs is 2. The number of anilines is 1. The molecule has 2 aromatic carbocycles. The minimum Gasteiger partial charge on any atom is -0.335 e. The second kappa shape index (κ2) is 5.27. The van der Waals surface area contributed by atoms with E-state index < -0.39 is 0 Å². The lowest BCUT2D eigenvalue weighted by Gasteiger charge is -2.35. The monoisotopic (exact) mass is 325 g/mol. The first-order chi connectivity index (χ1) is 11.0. The van der Waals surface area contributed by atoms with Gasteiger partial charge in [-0.25, -0.2) is 4.98 Å². The van der Waals surface area contributed by atoms with Crippen LogP contribution in [0.15, 0.2) is 30.3 Å². The zero-order valence-electron chi connectivity index (χ0n) is 13.7. The van der Waals surface area contributed by atoms with Crippen LogP contribution in [0, 0.1) is 13.8 Å². The van der Waals surface area contributed by atoms with Crippen LogP contribution in [0.5, 0.6) is 0 Å². The van der Waals surface area contributed by atoms with Crippen molar-refractivity contribution in [2.24, 2.45) is 0 Å². The van der Waals surface area contributed by atoms with Crippen molar-refractivity contribution in [3.63, 3.8) is 0 Å². The maximum Gasteiger partial charge on any atom is 0.204 e. The van der Waals surface area contributed by atoms with Crippen molar-refractivity contribution in [1.82, 2.24) is 9.97 Å². The number of halogens is 1.